The lowest BCUT2D eigenvalue weighted by atomic mass is 10.1. The Kier molecular flexibility index (Phi) is 3.74. The molecule has 4 nitrogen and oxygen atoms in total. The Hall–Kier alpha value is -1.42. The van der Waals surface area contributed by atoms with Crippen molar-refractivity contribution < 1.29 is 4.79 Å². The van der Waals surface area contributed by atoms with Crippen LogP contribution >= 0.6 is 0 Å². The summed E-state index contributed by atoms with van der Waals surface area (Å²) in [6.07, 6.45) is 3.78. The van der Waals surface area contributed by atoms with E-state index in [2.05, 4.69) is 4.98 Å². The van der Waals surface area contributed by atoms with E-state index in [9.17, 15) is 4.79 Å². The molecule has 1 saturated heterocycles. The average Bonchev–Trinajstić information content (AvgIpc) is 2.77. The molecule has 0 aromatic carbocycles. The van der Waals surface area contributed by atoms with Gasteiger partial charge in [-0.25, -0.2) is 0 Å². The number of aromatic nitrogens is 1. The first kappa shape index (κ1) is 12.0. The van der Waals surface area contributed by atoms with Crippen LogP contribution in [0.4, 0.5) is 0 Å². The Bertz CT molecular complexity index is 405. The lowest BCUT2D eigenvalue weighted by Gasteiger charge is -2.16. The van der Waals surface area contributed by atoms with E-state index in [0.717, 1.165) is 37.2 Å². The third-order valence-corrected chi connectivity index (χ3v) is 3.29. The van der Waals surface area contributed by atoms with Crippen LogP contribution in [0.25, 0.3) is 0 Å². The maximum Gasteiger partial charge on any atom is 0.253 e. The molecule has 2 rings (SSSR count). The molecule has 0 aliphatic carbocycles. The first-order valence-corrected chi connectivity index (χ1v) is 6.12. The van der Waals surface area contributed by atoms with E-state index >= 15 is 0 Å². The summed E-state index contributed by atoms with van der Waals surface area (Å²) < 4.78 is 0. The summed E-state index contributed by atoms with van der Waals surface area (Å²) in [5, 5.41) is 0. The topological polar surface area (TPSA) is 59.2 Å². The van der Waals surface area contributed by atoms with Crippen molar-refractivity contribution in [1.29, 1.82) is 0 Å². The van der Waals surface area contributed by atoms with Crippen molar-refractivity contribution in [2.45, 2.75) is 19.8 Å². The number of nitrogens with two attached hydrogens (primary N) is 1. The molecule has 4 heteroatoms. The number of likely N-dealkylation sites (tertiary alicyclic amines) is 1. The number of hydrogen-bond acceptors (Lipinski definition) is 3. The highest BCUT2D eigenvalue weighted by molar-refractivity contribution is 5.94. The van der Waals surface area contributed by atoms with Gasteiger partial charge in [-0.15, -0.1) is 0 Å². The predicted octanol–water partition coefficient (Wildman–Crippen LogP) is 1.20. The van der Waals surface area contributed by atoms with Gasteiger partial charge in [-0.2, -0.15) is 0 Å². The highest BCUT2D eigenvalue weighted by Gasteiger charge is 2.26. The minimum Gasteiger partial charge on any atom is -0.338 e. The maximum absolute atomic E-state index is 12.2. The molecular weight excluding hydrogens is 214 g/mol. The molecule has 1 amide bonds. The van der Waals surface area contributed by atoms with Gasteiger partial charge in [0, 0.05) is 30.5 Å². The number of pyridine rings is 1. The number of nitrogens with zero attached hydrogens (tertiary/aromatic N) is 2. The highest BCUT2D eigenvalue weighted by Crippen LogP contribution is 2.20. The van der Waals surface area contributed by atoms with Gasteiger partial charge in [0.2, 0.25) is 0 Å². The van der Waals surface area contributed by atoms with Crippen molar-refractivity contribution in [2.75, 3.05) is 19.6 Å². The fourth-order valence-electron chi connectivity index (χ4n) is 2.35. The summed E-state index contributed by atoms with van der Waals surface area (Å²) in [6.45, 7) is 4.31. The molecule has 1 aromatic rings. The molecule has 0 radical (unpaired) electrons. The minimum absolute atomic E-state index is 0.120. The fourth-order valence-corrected chi connectivity index (χ4v) is 2.35. The van der Waals surface area contributed by atoms with Crippen molar-refractivity contribution >= 4 is 5.91 Å². The maximum atomic E-state index is 12.2. The second kappa shape index (κ2) is 5.27. The predicted molar refractivity (Wildman–Crippen MR) is 66.7 cm³/mol. The summed E-state index contributed by atoms with van der Waals surface area (Å²) >= 11 is 0. The monoisotopic (exact) mass is 233 g/mol. The Morgan fingerprint density at radius 1 is 1.65 bits per heavy atom. The van der Waals surface area contributed by atoms with E-state index in [1.165, 1.54) is 0 Å². The van der Waals surface area contributed by atoms with Crippen LogP contribution in [-0.2, 0) is 0 Å². The van der Waals surface area contributed by atoms with Gasteiger partial charge in [0.1, 0.15) is 0 Å². The summed E-state index contributed by atoms with van der Waals surface area (Å²) in [5.41, 5.74) is 7.17. The van der Waals surface area contributed by atoms with Crippen LogP contribution in [0.1, 0.15) is 28.9 Å². The quantitative estimate of drug-likeness (QED) is 0.853. The number of hydrogen-bond donors (Lipinski definition) is 1. The zero-order valence-electron chi connectivity index (χ0n) is 10.2. The Morgan fingerprint density at radius 2 is 2.47 bits per heavy atom. The summed E-state index contributed by atoms with van der Waals surface area (Å²) in [5.74, 6) is 0.696. The first-order valence-electron chi connectivity index (χ1n) is 6.12. The molecule has 0 spiro atoms. The lowest BCUT2D eigenvalue weighted by molar-refractivity contribution is 0.0786. The van der Waals surface area contributed by atoms with E-state index in [4.69, 9.17) is 5.73 Å². The summed E-state index contributed by atoms with van der Waals surface area (Å²) in [6, 6.07) is 3.63. The Labute approximate surface area is 102 Å². The van der Waals surface area contributed by atoms with Gasteiger partial charge >= 0.3 is 0 Å². The second-order valence-electron chi connectivity index (χ2n) is 4.67. The SMILES string of the molecule is Cc1cc(C(=O)N2CCC(CCN)C2)ccn1. The third kappa shape index (κ3) is 2.82. The van der Waals surface area contributed by atoms with Crippen LogP contribution in [-0.4, -0.2) is 35.4 Å². The van der Waals surface area contributed by atoms with E-state index in [1.54, 1.807) is 12.3 Å². The first-order chi connectivity index (χ1) is 8.20. The number of rotatable bonds is 3. The van der Waals surface area contributed by atoms with Gasteiger partial charge in [0.15, 0.2) is 0 Å². The Morgan fingerprint density at radius 3 is 3.18 bits per heavy atom. The molecule has 1 aromatic heterocycles. The number of aryl methyl sites for hydroxylation is 1. The van der Waals surface area contributed by atoms with E-state index in [0.29, 0.717) is 12.5 Å². The van der Waals surface area contributed by atoms with Gasteiger partial charge in [0.05, 0.1) is 0 Å². The normalized spacial score (nSPS) is 19.6. The summed E-state index contributed by atoms with van der Waals surface area (Å²) in [4.78, 5) is 18.2. The number of amides is 1. The number of carbonyl (C=O) groups excluding carboxylic acids is 1. The average molecular weight is 233 g/mol. The molecule has 92 valence electrons. The molecule has 2 N–H and O–H groups in total. The van der Waals surface area contributed by atoms with Crippen LogP contribution in [0.3, 0.4) is 0 Å². The van der Waals surface area contributed by atoms with Gasteiger partial charge in [-0.05, 0) is 44.4 Å². The molecule has 17 heavy (non-hydrogen) atoms. The molecule has 0 bridgehead atoms. The van der Waals surface area contributed by atoms with Crippen LogP contribution in [0.2, 0.25) is 0 Å². The van der Waals surface area contributed by atoms with Gasteiger partial charge in [-0.1, -0.05) is 0 Å². The molecule has 1 aliphatic heterocycles. The van der Waals surface area contributed by atoms with Crippen LogP contribution < -0.4 is 5.73 Å². The van der Waals surface area contributed by atoms with Crippen molar-refractivity contribution in [3.05, 3.63) is 29.6 Å². The lowest BCUT2D eigenvalue weighted by Crippen LogP contribution is -2.29. The van der Waals surface area contributed by atoms with E-state index < -0.39 is 0 Å². The molecular formula is C13H19N3O. The minimum atomic E-state index is 0.120. The zero-order valence-corrected chi connectivity index (χ0v) is 10.2. The third-order valence-electron chi connectivity index (χ3n) is 3.29. The highest BCUT2D eigenvalue weighted by atomic mass is 16.2. The number of carbonyl (C=O) groups is 1. The van der Waals surface area contributed by atoms with Crippen LogP contribution in [0, 0.1) is 12.8 Å². The zero-order chi connectivity index (χ0) is 12.3. The van der Waals surface area contributed by atoms with Crippen LogP contribution in [0.15, 0.2) is 18.3 Å². The van der Waals surface area contributed by atoms with Gasteiger partial charge in [-0.3, -0.25) is 9.78 Å². The van der Waals surface area contributed by atoms with Crippen molar-refractivity contribution in [3.63, 3.8) is 0 Å². The largest absolute Gasteiger partial charge is 0.338 e. The standard InChI is InChI=1S/C13H19N3O/c1-10-8-12(3-6-15-10)13(17)16-7-4-11(9-16)2-5-14/h3,6,8,11H,2,4-5,7,9,14H2,1H3. The molecule has 1 atom stereocenters. The van der Waals surface area contributed by atoms with Crippen LogP contribution in [0.5, 0.6) is 0 Å². The Balaban J connectivity index is 2.02. The van der Waals surface area contributed by atoms with Crippen molar-refractivity contribution in [1.82, 2.24) is 9.88 Å². The molecule has 1 unspecified atom stereocenters. The van der Waals surface area contributed by atoms with Gasteiger partial charge in [0.25, 0.3) is 5.91 Å². The smallest absolute Gasteiger partial charge is 0.253 e. The van der Waals surface area contributed by atoms with E-state index in [-0.39, 0.29) is 5.91 Å². The fraction of sp³-hybridized carbons (Fsp3) is 0.538. The van der Waals surface area contributed by atoms with Gasteiger partial charge < -0.3 is 10.6 Å². The molecule has 0 saturated carbocycles. The van der Waals surface area contributed by atoms with Crippen molar-refractivity contribution in [3.8, 4) is 0 Å². The molecule has 1 fully saturated rings. The molecule has 2 heterocycles. The van der Waals surface area contributed by atoms with E-state index in [1.807, 2.05) is 17.9 Å². The second-order valence-corrected chi connectivity index (χ2v) is 4.67. The van der Waals surface area contributed by atoms with Crippen molar-refractivity contribution in [2.24, 2.45) is 11.7 Å². The molecule has 1 aliphatic rings. The summed E-state index contributed by atoms with van der Waals surface area (Å²) in [7, 11) is 0.